The van der Waals surface area contributed by atoms with Crippen LogP contribution in [0.25, 0.3) is 12.2 Å². The molecule has 5 heteroatoms. The summed E-state index contributed by atoms with van der Waals surface area (Å²) in [6.45, 7) is 4.21. The van der Waals surface area contributed by atoms with Gasteiger partial charge in [-0.1, -0.05) is 61.7 Å². The maximum absolute atomic E-state index is 4.89. The van der Waals surface area contributed by atoms with Crippen LogP contribution in [0.2, 0.25) is 0 Å². The zero-order valence-electron chi connectivity index (χ0n) is 16.1. The first-order valence-corrected chi connectivity index (χ1v) is 13.2. The molecule has 1 aliphatic rings. The van der Waals surface area contributed by atoms with Crippen molar-refractivity contribution >= 4 is 30.4 Å². The van der Waals surface area contributed by atoms with Crippen LogP contribution in [0.15, 0.2) is 48.5 Å². The van der Waals surface area contributed by atoms with Crippen LogP contribution in [0, 0.1) is 6.92 Å². The number of allylic oxidation sites excluding steroid dienone is 1. The molecule has 2 aromatic carbocycles. The molecule has 1 atom stereocenters. The van der Waals surface area contributed by atoms with E-state index >= 15 is 0 Å². The predicted octanol–water partition coefficient (Wildman–Crippen LogP) is 7.55. The third-order valence-electron chi connectivity index (χ3n) is 4.82. The van der Waals surface area contributed by atoms with Gasteiger partial charge in [-0.2, -0.15) is 12.5 Å². The van der Waals surface area contributed by atoms with Crippen molar-refractivity contribution in [3.63, 3.8) is 0 Å². The van der Waals surface area contributed by atoms with E-state index < -0.39 is 17.0 Å². The fraction of sp³-hybridized carbons (Fsp3) is 0.318. The molecule has 0 fully saturated rings. The number of nitrogens with zero attached hydrogens (tertiary/aromatic N) is 1. The van der Waals surface area contributed by atoms with Gasteiger partial charge in [-0.15, -0.1) is 17.7 Å². The molecule has 0 heterocycles. The van der Waals surface area contributed by atoms with Crippen molar-refractivity contribution in [3.8, 4) is 0 Å². The van der Waals surface area contributed by atoms with Crippen molar-refractivity contribution in [3.05, 3.63) is 83.9 Å². The van der Waals surface area contributed by atoms with Gasteiger partial charge in [0.25, 0.3) is 0 Å². The Morgan fingerprint density at radius 3 is 2.44 bits per heavy atom. The van der Waals surface area contributed by atoms with Gasteiger partial charge < -0.3 is 11.1 Å². The van der Waals surface area contributed by atoms with Gasteiger partial charge in [-0.25, -0.2) is 0 Å². The van der Waals surface area contributed by atoms with E-state index in [2.05, 4.69) is 80.5 Å². The topological polar surface area (TPSA) is 36.7 Å². The third-order valence-corrected chi connectivity index (χ3v) is 4.82. The number of benzene rings is 2. The minimum Gasteiger partial charge on any atom is -0.693 e. The molecule has 0 radical (unpaired) electrons. The number of hydrogen-bond acceptors (Lipinski definition) is 1. The molecule has 1 aliphatic carbocycles. The van der Waals surface area contributed by atoms with Crippen LogP contribution in [-0.4, -0.2) is 14.1 Å². The van der Waals surface area contributed by atoms with Crippen molar-refractivity contribution in [1.82, 2.24) is 0 Å². The van der Waals surface area contributed by atoms with Crippen LogP contribution >= 0.6 is 18.6 Å². The molecule has 0 aliphatic heterocycles. The second kappa shape index (κ2) is 12.5. The number of anilines is 1. The van der Waals surface area contributed by atoms with Crippen LogP contribution in [0.4, 0.5) is 5.69 Å². The first-order valence-electron chi connectivity index (χ1n) is 8.92. The maximum Gasteiger partial charge on any atom is -0.693 e. The summed E-state index contributed by atoms with van der Waals surface area (Å²) in [5.74, 6) is 0.613. The van der Waals surface area contributed by atoms with Gasteiger partial charge in [-0.05, 0) is 23.2 Å². The van der Waals surface area contributed by atoms with Gasteiger partial charge in [0.05, 0.1) is 0 Å². The number of rotatable bonds is 6. The van der Waals surface area contributed by atoms with E-state index in [0.29, 0.717) is 5.92 Å². The molecule has 146 valence electrons. The van der Waals surface area contributed by atoms with Crippen LogP contribution in [-0.2, 0) is 23.5 Å². The first-order chi connectivity index (χ1) is 12.6. The first kappa shape index (κ1) is 24.1. The second-order valence-corrected chi connectivity index (χ2v) is 9.34. The average Bonchev–Trinajstić information content (AvgIpc) is 3.03. The van der Waals surface area contributed by atoms with E-state index in [4.69, 9.17) is 18.6 Å². The quantitative estimate of drug-likeness (QED) is 0.260. The van der Waals surface area contributed by atoms with E-state index in [9.17, 15) is 0 Å². The van der Waals surface area contributed by atoms with Crippen molar-refractivity contribution < 1.29 is 17.0 Å². The van der Waals surface area contributed by atoms with Gasteiger partial charge in [0.1, 0.15) is 0 Å². The molecule has 3 rings (SSSR count). The Labute approximate surface area is 181 Å². The number of hydrogen-bond donors (Lipinski definition) is 0. The molecule has 27 heavy (non-hydrogen) atoms. The second-order valence-electron chi connectivity index (χ2n) is 6.76. The third kappa shape index (κ3) is 7.21. The molecule has 1 unspecified atom stereocenters. The minimum atomic E-state index is -0.556. The predicted molar refractivity (Wildman–Crippen MR) is 118 cm³/mol. The fourth-order valence-electron chi connectivity index (χ4n) is 3.39. The Morgan fingerprint density at radius 1 is 1.07 bits per heavy atom. The summed E-state index contributed by atoms with van der Waals surface area (Å²) in [7, 11) is 13.9. The van der Waals surface area contributed by atoms with Crippen molar-refractivity contribution in [2.45, 2.75) is 31.6 Å². The van der Waals surface area contributed by atoms with Crippen molar-refractivity contribution in [1.29, 1.82) is 0 Å². The SMILES string of the molecule is [CH2-]c1cc(N(C)C)ccc1CCCCC1C=Cc2ccccc21.[Cl][Ti][Cl].[NH2-]. The van der Waals surface area contributed by atoms with Crippen LogP contribution < -0.4 is 4.90 Å². The number of aryl methyl sites for hydroxylation is 1. The Morgan fingerprint density at radius 2 is 1.78 bits per heavy atom. The summed E-state index contributed by atoms with van der Waals surface area (Å²) in [6, 6.07) is 15.4. The number of unbranched alkanes of at least 4 members (excludes halogenated alkanes) is 1. The van der Waals surface area contributed by atoms with Gasteiger partial charge in [0.2, 0.25) is 0 Å². The largest absolute Gasteiger partial charge is 0.693 e. The van der Waals surface area contributed by atoms with Crippen molar-refractivity contribution in [2.75, 3.05) is 19.0 Å². The average molecular weight is 439 g/mol. The van der Waals surface area contributed by atoms with Gasteiger partial charge in [0.15, 0.2) is 0 Å². The molecule has 0 aromatic heterocycles. The van der Waals surface area contributed by atoms with Gasteiger partial charge in [-0.3, -0.25) is 0 Å². The molecule has 0 saturated carbocycles. The van der Waals surface area contributed by atoms with Crippen LogP contribution in [0.1, 0.15) is 47.4 Å². The van der Waals surface area contributed by atoms with Crippen LogP contribution in [0.3, 0.4) is 0 Å². The molecule has 0 amide bonds. The zero-order chi connectivity index (χ0) is 18.9. The molecule has 2 N–H and O–H groups in total. The van der Waals surface area contributed by atoms with Gasteiger partial charge >= 0.3 is 35.6 Å². The Hall–Kier alpha value is -0.896. The van der Waals surface area contributed by atoms with Crippen LogP contribution in [0.5, 0.6) is 0 Å². The molecular weight excluding hydrogens is 411 g/mol. The summed E-state index contributed by atoms with van der Waals surface area (Å²) in [4.78, 5) is 2.13. The smallest absolute Gasteiger partial charge is 0.693 e. The van der Waals surface area contributed by atoms with E-state index in [-0.39, 0.29) is 6.15 Å². The normalized spacial score (nSPS) is 13.9. The fourth-order valence-corrected chi connectivity index (χ4v) is 3.39. The Kier molecular flexibility index (Phi) is 11.2. The summed E-state index contributed by atoms with van der Waals surface area (Å²) in [5.41, 5.74) is 6.68. The van der Waals surface area contributed by atoms with E-state index in [1.807, 2.05) is 0 Å². The number of fused-ring (bicyclic) bond motifs is 1. The maximum atomic E-state index is 4.89. The standard InChI is InChI=1S/C22H26N.2ClH.H2N.Ti/c1-17-16-21(23(2)3)15-14-18(17)8-4-5-9-19-12-13-20-10-6-7-11-22(19)20;;;;/h6-7,10-16,19H,1,4-5,8-9H2,2-3H3;2*1H;1H2;/q-1;;;-1;+2/p-2. The summed E-state index contributed by atoms with van der Waals surface area (Å²) in [6.07, 6.45) is 9.51. The molecule has 0 spiro atoms. The number of nitrogens with two attached hydrogens (primary N) is 1. The van der Waals surface area contributed by atoms with E-state index in [0.717, 1.165) is 6.42 Å². The van der Waals surface area contributed by atoms with E-state index in [1.165, 1.54) is 47.2 Å². The Bertz CT molecular complexity index is 732. The molecular formula is C22H28Cl2N2Ti-2. The number of halogens is 2. The van der Waals surface area contributed by atoms with E-state index in [1.54, 1.807) is 0 Å². The summed E-state index contributed by atoms with van der Waals surface area (Å²) < 4.78 is 0. The monoisotopic (exact) mass is 438 g/mol. The summed E-state index contributed by atoms with van der Waals surface area (Å²) >= 11 is -0.556. The van der Waals surface area contributed by atoms with Crippen molar-refractivity contribution in [2.24, 2.45) is 0 Å². The molecule has 0 saturated heterocycles. The molecule has 2 nitrogen and oxygen atoms in total. The molecule has 2 aromatic rings. The Balaban J connectivity index is 0.000000855. The molecule has 0 bridgehead atoms. The zero-order valence-corrected chi connectivity index (χ0v) is 19.2. The summed E-state index contributed by atoms with van der Waals surface area (Å²) in [5, 5.41) is 0. The minimum absolute atomic E-state index is 0. The van der Waals surface area contributed by atoms with Gasteiger partial charge in [0, 0.05) is 20.0 Å².